The first-order valence-electron chi connectivity index (χ1n) is 9.68. The van der Waals surface area contributed by atoms with Crippen molar-refractivity contribution in [2.24, 2.45) is 5.92 Å². The van der Waals surface area contributed by atoms with Gasteiger partial charge in [0.15, 0.2) is 0 Å². The maximum atomic E-state index is 12.6. The average Bonchev–Trinajstić information content (AvgIpc) is 2.72. The molecule has 2 aromatic carbocycles. The molecule has 2 aromatic rings. The molecule has 28 heavy (non-hydrogen) atoms. The Hall–Kier alpha value is -2.53. The van der Waals surface area contributed by atoms with Gasteiger partial charge in [0.25, 0.3) is 0 Å². The summed E-state index contributed by atoms with van der Waals surface area (Å²) in [4.78, 5) is 26.6. The van der Waals surface area contributed by atoms with Gasteiger partial charge in [-0.25, -0.2) is 0 Å². The molecule has 146 valence electrons. The molecule has 0 saturated carbocycles. The van der Waals surface area contributed by atoms with Gasteiger partial charge in [-0.3, -0.25) is 9.59 Å². The molecule has 1 N–H and O–H groups in total. The Bertz CT molecular complexity index is 899. The number of carbonyl (C=O) groups excluding carboxylic acids is 2. The summed E-state index contributed by atoms with van der Waals surface area (Å²) in [6.07, 6.45) is 3.21. The van der Waals surface area contributed by atoms with Gasteiger partial charge < -0.3 is 15.0 Å². The maximum absolute atomic E-state index is 12.6. The van der Waals surface area contributed by atoms with Crippen LogP contribution < -0.4 is 15.0 Å². The summed E-state index contributed by atoms with van der Waals surface area (Å²) < 4.78 is 5.71. The molecule has 1 fully saturated rings. The van der Waals surface area contributed by atoms with Gasteiger partial charge in [0.2, 0.25) is 11.8 Å². The second-order valence-corrected chi connectivity index (χ2v) is 7.79. The van der Waals surface area contributed by atoms with E-state index in [1.807, 2.05) is 41.3 Å². The summed E-state index contributed by atoms with van der Waals surface area (Å²) in [6.45, 7) is 1.55. The lowest BCUT2D eigenvalue weighted by Gasteiger charge is -2.27. The number of nitrogens with zero attached hydrogens (tertiary/aromatic N) is 1. The molecule has 0 aliphatic carbocycles. The van der Waals surface area contributed by atoms with Gasteiger partial charge in [-0.05, 0) is 60.7 Å². The van der Waals surface area contributed by atoms with Crippen LogP contribution in [0, 0.1) is 5.92 Å². The molecule has 5 nitrogen and oxygen atoms in total. The van der Waals surface area contributed by atoms with Crippen molar-refractivity contribution < 1.29 is 14.3 Å². The lowest BCUT2D eigenvalue weighted by Crippen LogP contribution is -2.37. The number of anilines is 1. The van der Waals surface area contributed by atoms with Crippen molar-refractivity contribution in [2.45, 2.75) is 32.2 Å². The summed E-state index contributed by atoms with van der Waals surface area (Å²) in [5, 5.41) is 3.65. The summed E-state index contributed by atoms with van der Waals surface area (Å²) in [6, 6.07) is 13.3. The third kappa shape index (κ3) is 4.14. The minimum Gasteiger partial charge on any atom is -0.492 e. The van der Waals surface area contributed by atoms with E-state index in [2.05, 4.69) is 5.32 Å². The largest absolute Gasteiger partial charge is 0.492 e. The highest BCUT2D eigenvalue weighted by Crippen LogP contribution is 2.30. The number of hydrogen-bond donors (Lipinski definition) is 1. The minimum absolute atomic E-state index is 0.0370. The van der Waals surface area contributed by atoms with E-state index in [-0.39, 0.29) is 17.7 Å². The molecule has 0 spiro atoms. The third-order valence-electron chi connectivity index (χ3n) is 5.31. The fraction of sp³-hybridized carbons (Fsp3) is 0.364. The Morgan fingerprint density at radius 2 is 2.11 bits per heavy atom. The van der Waals surface area contributed by atoms with Crippen LogP contribution in [0.15, 0.2) is 42.5 Å². The zero-order valence-corrected chi connectivity index (χ0v) is 16.4. The smallest absolute Gasteiger partial charge is 0.227 e. The molecule has 0 aromatic heterocycles. The maximum Gasteiger partial charge on any atom is 0.227 e. The molecule has 0 bridgehead atoms. The lowest BCUT2D eigenvalue weighted by atomic mass is 9.96. The van der Waals surface area contributed by atoms with Crippen molar-refractivity contribution in [1.29, 1.82) is 0 Å². The molecule has 2 aliphatic heterocycles. The predicted octanol–water partition coefficient (Wildman–Crippen LogP) is 3.72. The Morgan fingerprint density at radius 3 is 2.96 bits per heavy atom. The monoisotopic (exact) mass is 398 g/mol. The lowest BCUT2D eigenvalue weighted by molar-refractivity contribution is -0.126. The number of benzene rings is 2. The van der Waals surface area contributed by atoms with Crippen molar-refractivity contribution in [3.8, 4) is 5.75 Å². The first-order valence-corrected chi connectivity index (χ1v) is 10.1. The molecular weight excluding hydrogens is 376 g/mol. The molecule has 1 unspecified atom stereocenters. The normalized spacial score (nSPS) is 19.0. The topological polar surface area (TPSA) is 58.6 Å². The van der Waals surface area contributed by atoms with Crippen molar-refractivity contribution >= 4 is 29.1 Å². The molecule has 1 saturated heterocycles. The van der Waals surface area contributed by atoms with Crippen LogP contribution in [-0.2, 0) is 22.6 Å². The molecule has 6 heteroatoms. The zero-order valence-electron chi connectivity index (χ0n) is 15.6. The van der Waals surface area contributed by atoms with Crippen LogP contribution in [0.4, 0.5) is 5.69 Å². The quantitative estimate of drug-likeness (QED) is 0.853. The van der Waals surface area contributed by atoms with Gasteiger partial charge in [-0.1, -0.05) is 23.7 Å². The van der Waals surface area contributed by atoms with E-state index in [9.17, 15) is 9.59 Å². The van der Waals surface area contributed by atoms with Gasteiger partial charge in [0.1, 0.15) is 12.4 Å². The Kier molecular flexibility index (Phi) is 5.53. The number of nitrogens with one attached hydrogen (secondary N) is 1. The Balaban J connectivity index is 1.37. The number of fused-ring (bicyclic) bond motifs is 1. The van der Waals surface area contributed by atoms with Crippen molar-refractivity contribution in [3.63, 3.8) is 0 Å². The van der Waals surface area contributed by atoms with Crippen LogP contribution in [0.25, 0.3) is 0 Å². The summed E-state index contributed by atoms with van der Waals surface area (Å²) >= 11 is 6.05. The fourth-order valence-corrected chi connectivity index (χ4v) is 3.97. The van der Waals surface area contributed by atoms with E-state index in [0.717, 1.165) is 42.0 Å². The van der Waals surface area contributed by atoms with E-state index in [0.29, 0.717) is 31.0 Å². The predicted molar refractivity (Wildman–Crippen MR) is 109 cm³/mol. The van der Waals surface area contributed by atoms with Crippen LogP contribution >= 0.6 is 11.6 Å². The fourth-order valence-electron chi connectivity index (χ4n) is 3.78. The van der Waals surface area contributed by atoms with Crippen LogP contribution in [-0.4, -0.2) is 25.0 Å². The number of ether oxygens (including phenoxy) is 1. The van der Waals surface area contributed by atoms with E-state index >= 15 is 0 Å². The van der Waals surface area contributed by atoms with Crippen molar-refractivity contribution in [3.05, 3.63) is 58.6 Å². The van der Waals surface area contributed by atoms with Gasteiger partial charge in [-0.2, -0.15) is 0 Å². The highest BCUT2D eigenvalue weighted by molar-refractivity contribution is 6.30. The minimum atomic E-state index is -0.238. The molecule has 2 heterocycles. The van der Waals surface area contributed by atoms with Crippen molar-refractivity contribution in [1.82, 2.24) is 5.32 Å². The number of hydrogen-bond acceptors (Lipinski definition) is 3. The van der Waals surface area contributed by atoms with Crippen molar-refractivity contribution in [2.75, 3.05) is 18.1 Å². The highest BCUT2D eigenvalue weighted by Gasteiger charge is 2.26. The number of carbonyl (C=O) groups is 2. The standard InChI is InChI=1S/C22H23ClN2O3/c23-18-7-8-20-16(12-18)11-17(14-28-20)22(27)24-13-15-4-3-5-19(10-15)25-9-2-1-6-21(25)26/h3-5,7-8,10,12,17H,1-2,6,9,11,13-14H2,(H,24,27). The summed E-state index contributed by atoms with van der Waals surface area (Å²) in [7, 11) is 0. The van der Waals surface area contributed by atoms with Gasteiger partial charge in [-0.15, -0.1) is 0 Å². The second kappa shape index (κ2) is 8.23. The van der Waals surface area contributed by atoms with E-state index in [1.54, 1.807) is 6.07 Å². The van der Waals surface area contributed by atoms with E-state index in [1.165, 1.54) is 0 Å². The van der Waals surface area contributed by atoms with Crippen LogP contribution in [0.3, 0.4) is 0 Å². The highest BCUT2D eigenvalue weighted by atomic mass is 35.5. The average molecular weight is 399 g/mol. The number of halogens is 1. The second-order valence-electron chi connectivity index (χ2n) is 7.35. The van der Waals surface area contributed by atoms with E-state index in [4.69, 9.17) is 16.3 Å². The molecule has 0 radical (unpaired) electrons. The van der Waals surface area contributed by atoms with Gasteiger partial charge >= 0.3 is 0 Å². The van der Waals surface area contributed by atoms with Gasteiger partial charge in [0, 0.05) is 30.2 Å². The molecular formula is C22H23ClN2O3. The first kappa shape index (κ1) is 18.8. The summed E-state index contributed by atoms with van der Waals surface area (Å²) in [5.41, 5.74) is 2.84. The summed E-state index contributed by atoms with van der Waals surface area (Å²) in [5.74, 6) is 0.694. The van der Waals surface area contributed by atoms with E-state index < -0.39 is 0 Å². The number of rotatable bonds is 4. The molecule has 1 atom stereocenters. The van der Waals surface area contributed by atoms with Gasteiger partial charge in [0.05, 0.1) is 5.92 Å². The SMILES string of the molecule is O=C(NCc1cccc(N2CCCCC2=O)c1)C1COc2ccc(Cl)cc2C1. The Labute approximate surface area is 169 Å². The van der Waals surface area contributed by atoms with Crippen LogP contribution in [0.1, 0.15) is 30.4 Å². The molecule has 4 rings (SSSR count). The Morgan fingerprint density at radius 1 is 1.21 bits per heavy atom. The molecule has 2 aliphatic rings. The van der Waals surface area contributed by atoms with Crippen LogP contribution in [0.2, 0.25) is 5.02 Å². The van der Waals surface area contributed by atoms with Crippen LogP contribution in [0.5, 0.6) is 5.75 Å². The number of amides is 2. The third-order valence-corrected chi connectivity index (χ3v) is 5.55. The number of piperidine rings is 1. The first-order chi connectivity index (χ1) is 13.6. The zero-order chi connectivity index (χ0) is 19.5. The molecule has 2 amide bonds.